The smallest absolute Gasteiger partial charge is 0.278 e. The summed E-state index contributed by atoms with van der Waals surface area (Å²) in [6, 6.07) is 5.88. The summed E-state index contributed by atoms with van der Waals surface area (Å²) in [4.78, 5) is 38.6. The first-order valence-electron chi connectivity index (χ1n) is 9.30. The van der Waals surface area contributed by atoms with Gasteiger partial charge in [0.2, 0.25) is 11.8 Å². The number of quaternary nitrogens is 1. The SMILES string of the molecule is CCN(CC(=O)NCc1ccc(F)cc1)C(=O)C[NH+]1CCC[C@H](C(N)=O)C1. The number of hydrogen-bond donors (Lipinski definition) is 3. The van der Waals surface area contributed by atoms with Gasteiger partial charge < -0.3 is 20.9 Å². The van der Waals surface area contributed by atoms with Crippen molar-refractivity contribution < 1.29 is 23.7 Å². The van der Waals surface area contributed by atoms with E-state index in [1.54, 1.807) is 12.1 Å². The van der Waals surface area contributed by atoms with E-state index in [4.69, 9.17) is 5.73 Å². The summed E-state index contributed by atoms with van der Waals surface area (Å²) in [6.45, 7) is 4.14. The van der Waals surface area contributed by atoms with Crippen molar-refractivity contribution in [1.29, 1.82) is 0 Å². The minimum absolute atomic E-state index is 0.0247. The second-order valence-electron chi connectivity index (χ2n) is 6.93. The number of nitrogens with zero attached hydrogens (tertiary/aromatic N) is 1. The van der Waals surface area contributed by atoms with E-state index in [0.717, 1.165) is 29.8 Å². The topological polar surface area (TPSA) is 96.9 Å². The summed E-state index contributed by atoms with van der Waals surface area (Å²) < 4.78 is 12.9. The van der Waals surface area contributed by atoms with Crippen LogP contribution >= 0.6 is 0 Å². The molecule has 0 aliphatic carbocycles. The van der Waals surface area contributed by atoms with Crippen LogP contribution in [-0.4, -0.2) is 55.3 Å². The Labute approximate surface area is 158 Å². The Morgan fingerprint density at radius 3 is 2.63 bits per heavy atom. The maximum absolute atomic E-state index is 12.9. The number of amides is 3. The average molecular weight is 379 g/mol. The number of carbonyl (C=O) groups is 3. The van der Waals surface area contributed by atoms with Gasteiger partial charge in [-0.25, -0.2) is 4.39 Å². The maximum Gasteiger partial charge on any atom is 0.278 e. The van der Waals surface area contributed by atoms with Crippen LogP contribution in [0.15, 0.2) is 24.3 Å². The average Bonchev–Trinajstić information content (AvgIpc) is 2.65. The van der Waals surface area contributed by atoms with Gasteiger partial charge in [0.25, 0.3) is 5.91 Å². The Morgan fingerprint density at radius 2 is 2.00 bits per heavy atom. The lowest BCUT2D eigenvalue weighted by molar-refractivity contribution is -0.899. The number of piperidine rings is 1. The van der Waals surface area contributed by atoms with Crippen molar-refractivity contribution in [2.75, 3.05) is 32.7 Å². The van der Waals surface area contributed by atoms with Crippen LogP contribution in [-0.2, 0) is 20.9 Å². The second kappa shape index (κ2) is 10.0. The number of carbonyl (C=O) groups excluding carboxylic acids is 3. The van der Waals surface area contributed by atoms with E-state index < -0.39 is 0 Å². The largest absolute Gasteiger partial charge is 0.369 e. The number of nitrogens with one attached hydrogen (secondary N) is 2. The van der Waals surface area contributed by atoms with E-state index in [0.29, 0.717) is 13.1 Å². The highest BCUT2D eigenvalue weighted by Crippen LogP contribution is 2.06. The van der Waals surface area contributed by atoms with Crippen molar-refractivity contribution in [3.63, 3.8) is 0 Å². The standard InChI is InChI=1S/C19H27FN4O3/c1-2-24(12-17(25)22-10-14-5-7-16(20)8-6-14)18(26)13-23-9-3-4-15(11-23)19(21)27/h5-8,15H,2-4,9-13H2,1H3,(H2,21,27)(H,22,25)/p+1/t15-/m0/s1. The predicted octanol–water partition coefficient (Wildman–Crippen LogP) is -0.929. The molecule has 2 rings (SSSR count). The number of likely N-dealkylation sites (N-methyl/N-ethyl adjacent to an activating group) is 1. The molecule has 1 heterocycles. The third-order valence-corrected chi connectivity index (χ3v) is 4.89. The Kier molecular flexibility index (Phi) is 7.72. The molecule has 1 unspecified atom stereocenters. The number of likely N-dealkylation sites (tertiary alicyclic amines) is 1. The van der Waals surface area contributed by atoms with E-state index in [1.807, 2.05) is 6.92 Å². The van der Waals surface area contributed by atoms with Crippen molar-refractivity contribution in [2.24, 2.45) is 11.7 Å². The quantitative estimate of drug-likeness (QED) is 0.544. The molecule has 27 heavy (non-hydrogen) atoms. The molecular formula is C19H28FN4O3+. The van der Waals surface area contributed by atoms with Crippen LogP contribution in [0.2, 0.25) is 0 Å². The van der Waals surface area contributed by atoms with Crippen molar-refractivity contribution in [3.05, 3.63) is 35.6 Å². The first-order valence-corrected chi connectivity index (χ1v) is 9.30. The molecule has 4 N–H and O–H groups in total. The Hall–Kier alpha value is -2.48. The molecule has 2 atom stereocenters. The number of halogens is 1. The van der Waals surface area contributed by atoms with Crippen LogP contribution in [0, 0.1) is 11.7 Å². The first-order chi connectivity index (χ1) is 12.9. The lowest BCUT2D eigenvalue weighted by atomic mass is 9.97. The summed E-state index contributed by atoms with van der Waals surface area (Å²) >= 11 is 0. The van der Waals surface area contributed by atoms with E-state index in [1.165, 1.54) is 17.0 Å². The van der Waals surface area contributed by atoms with Gasteiger partial charge in [-0.3, -0.25) is 14.4 Å². The number of primary amides is 1. The zero-order valence-corrected chi connectivity index (χ0v) is 15.7. The Bertz CT molecular complexity index is 665. The van der Waals surface area contributed by atoms with E-state index in [2.05, 4.69) is 5.32 Å². The lowest BCUT2D eigenvalue weighted by Gasteiger charge is -2.29. The van der Waals surface area contributed by atoms with E-state index >= 15 is 0 Å². The summed E-state index contributed by atoms with van der Waals surface area (Å²) in [5.74, 6) is -1.21. The van der Waals surface area contributed by atoms with Crippen molar-refractivity contribution in [2.45, 2.75) is 26.3 Å². The highest BCUT2D eigenvalue weighted by atomic mass is 19.1. The monoisotopic (exact) mass is 379 g/mol. The molecule has 0 saturated carbocycles. The summed E-state index contributed by atoms with van der Waals surface area (Å²) in [6.07, 6.45) is 1.64. The van der Waals surface area contributed by atoms with Gasteiger partial charge in [-0.2, -0.15) is 0 Å². The molecule has 0 spiro atoms. The molecule has 0 bridgehead atoms. The molecule has 0 radical (unpaired) electrons. The van der Waals surface area contributed by atoms with E-state index in [9.17, 15) is 18.8 Å². The number of rotatable bonds is 8. The molecule has 1 aliphatic heterocycles. The van der Waals surface area contributed by atoms with E-state index in [-0.39, 0.29) is 49.1 Å². The Balaban J connectivity index is 1.80. The van der Waals surface area contributed by atoms with Gasteiger partial charge in [0.15, 0.2) is 6.54 Å². The molecular weight excluding hydrogens is 351 g/mol. The highest BCUT2D eigenvalue weighted by molar-refractivity contribution is 5.85. The molecule has 1 aromatic carbocycles. The normalized spacial score (nSPS) is 19.3. The van der Waals surface area contributed by atoms with Crippen molar-refractivity contribution in [3.8, 4) is 0 Å². The fraction of sp³-hybridized carbons (Fsp3) is 0.526. The lowest BCUT2D eigenvalue weighted by Crippen LogP contribution is -3.15. The van der Waals surface area contributed by atoms with Gasteiger partial charge in [-0.15, -0.1) is 0 Å². The third kappa shape index (κ3) is 6.63. The van der Waals surface area contributed by atoms with Crippen LogP contribution < -0.4 is 16.0 Å². The molecule has 1 aliphatic rings. The molecule has 148 valence electrons. The molecule has 1 saturated heterocycles. The van der Waals surface area contributed by atoms with Crippen LogP contribution in [0.1, 0.15) is 25.3 Å². The van der Waals surface area contributed by atoms with Gasteiger partial charge in [-0.1, -0.05) is 12.1 Å². The molecule has 7 nitrogen and oxygen atoms in total. The predicted molar refractivity (Wildman–Crippen MR) is 98.0 cm³/mol. The molecule has 3 amide bonds. The summed E-state index contributed by atoms with van der Waals surface area (Å²) in [5, 5.41) is 2.74. The van der Waals surface area contributed by atoms with Gasteiger partial charge >= 0.3 is 0 Å². The molecule has 8 heteroatoms. The summed E-state index contributed by atoms with van der Waals surface area (Å²) in [7, 11) is 0. The highest BCUT2D eigenvalue weighted by Gasteiger charge is 2.29. The second-order valence-corrected chi connectivity index (χ2v) is 6.93. The zero-order chi connectivity index (χ0) is 19.8. The number of hydrogen-bond acceptors (Lipinski definition) is 3. The minimum Gasteiger partial charge on any atom is -0.369 e. The zero-order valence-electron chi connectivity index (χ0n) is 15.7. The Morgan fingerprint density at radius 1 is 1.30 bits per heavy atom. The fourth-order valence-corrected chi connectivity index (χ4v) is 3.29. The van der Waals surface area contributed by atoms with Gasteiger partial charge in [0.1, 0.15) is 5.82 Å². The van der Waals surface area contributed by atoms with Crippen molar-refractivity contribution in [1.82, 2.24) is 10.2 Å². The minimum atomic E-state index is -0.327. The summed E-state index contributed by atoms with van der Waals surface area (Å²) in [5.41, 5.74) is 6.17. The molecule has 1 aromatic rings. The molecule has 1 fully saturated rings. The van der Waals surface area contributed by atoms with Gasteiger partial charge in [-0.05, 0) is 37.5 Å². The first kappa shape index (κ1) is 20.8. The van der Waals surface area contributed by atoms with Crippen LogP contribution in [0.4, 0.5) is 4.39 Å². The molecule has 0 aromatic heterocycles. The van der Waals surface area contributed by atoms with Gasteiger partial charge in [0, 0.05) is 13.1 Å². The van der Waals surface area contributed by atoms with Crippen LogP contribution in [0.25, 0.3) is 0 Å². The van der Waals surface area contributed by atoms with Crippen LogP contribution in [0.5, 0.6) is 0 Å². The number of benzene rings is 1. The van der Waals surface area contributed by atoms with Crippen molar-refractivity contribution >= 4 is 17.7 Å². The third-order valence-electron chi connectivity index (χ3n) is 4.89. The van der Waals surface area contributed by atoms with Gasteiger partial charge in [0.05, 0.1) is 25.6 Å². The number of nitrogens with two attached hydrogens (primary N) is 1. The van der Waals surface area contributed by atoms with Crippen LogP contribution in [0.3, 0.4) is 0 Å². The maximum atomic E-state index is 12.9. The fourth-order valence-electron chi connectivity index (χ4n) is 3.29.